The van der Waals surface area contributed by atoms with Gasteiger partial charge in [-0.2, -0.15) is 0 Å². The fraction of sp³-hybridized carbons (Fsp3) is 1.00. The highest BCUT2D eigenvalue weighted by molar-refractivity contribution is 5.85. The van der Waals surface area contributed by atoms with Crippen molar-refractivity contribution in [1.82, 2.24) is 0 Å². The molecule has 0 saturated carbocycles. The second-order valence-corrected chi connectivity index (χ2v) is 6.12. The first-order chi connectivity index (χ1) is 6.06. The van der Waals surface area contributed by atoms with E-state index in [9.17, 15) is 0 Å². The lowest BCUT2D eigenvalue weighted by atomic mass is 9.57. The molecule has 0 aliphatic carbocycles. The van der Waals surface area contributed by atoms with Crippen LogP contribution in [0.5, 0.6) is 0 Å². The van der Waals surface area contributed by atoms with E-state index in [1.54, 1.807) is 0 Å². The highest BCUT2D eigenvalue weighted by Gasteiger charge is 2.45. The lowest BCUT2D eigenvalue weighted by Gasteiger charge is -2.50. The van der Waals surface area contributed by atoms with Gasteiger partial charge in [-0.05, 0) is 44.1 Å². The summed E-state index contributed by atoms with van der Waals surface area (Å²) >= 11 is 0. The first kappa shape index (κ1) is 21.8. The first-order valence-corrected chi connectivity index (χ1v) is 5.55. The molecule has 16 heavy (non-hydrogen) atoms. The number of nitrogens with two attached hydrogens (primary N) is 2. The third-order valence-electron chi connectivity index (χ3n) is 4.31. The van der Waals surface area contributed by atoms with Gasteiger partial charge in [-0.3, -0.25) is 0 Å². The molecule has 0 spiro atoms. The molecule has 102 valence electrons. The van der Waals surface area contributed by atoms with E-state index in [4.69, 9.17) is 11.5 Å². The van der Waals surface area contributed by atoms with Crippen molar-refractivity contribution in [1.29, 1.82) is 0 Å². The van der Waals surface area contributed by atoms with Gasteiger partial charge in [-0.25, -0.2) is 0 Å². The molecule has 0 aromatic rings. The van der Waals surface area contributed by atoms with Gasteiger partial charge in [0, 0.05) is 5.54 Å². The third-order valence-corrected chi connectivity index (χ3v) is 4.31. The molecule has 0 aliphatic heterocycles. The maximum absolute atomic E-state index is 6.24. The molecule has 0 bridgehead atoms. The maximum Gasteiger partial charge on any atom is 0.0154 e. The van der Waals surface area contributed by atoms with Crippen molar-refractivity contribution in [2.24, 2.45) is 22.3 Å². The van der Waals surface area contributed by atoms with E-state index in [1.807, 2.05) is 0 Å². The van der Waals surface area contributed by atoms with Gasteiger partial charge in [-0.15, -0.1) is 24.8 Å². The zero-order chi connectivity index (χ0) is 11.6. The van der Waals surface area contributed by atoms with Gasteiger partial charge in [0.05, 0.1) is 0 Å². The maximum atomic E-state index is 6.24. The van der Waals surface area contributed by atoms with Gasteiger partial charge < -0.3 is 11.5 Å². The standard InChI is InChI=1S/C12H28N2.2ClH/c1-10(2,8-7-9-13)11(3,4)12(5,6)14;;/h7-9,13-14H2,1-6H3;2*1H. The smallest absolute Gasteiger partial charge is 0.0154 e. The Balaban J connectivity index is -0.000000845. The van der Waals surface area contributed by atoms with Crippen molar-refractivity contribution >= 4 is 24.8 Å². The molecule has 0 saturated heterocycles. The summed E-state index contributed by atoms with van der Waals surface area (Å²) in [5, 5.41) is 0. The number of halogens is 2. The second kappa shape index (κ2) is 7.05. The van der Waals surface area contributed by atoms with Crippen LogP contribution in [0.4, 0.5) is 0 Å². The zero-order valence-corrected chi connectivity index (χ0v) is 13.2. The zero-order valence-electron chi connectivity index (χ0n) is 11.6. The van der Waals surface area contributed by atoms with Crippen molar-refractivity contribution in [3.63, 3.8) is 0 Å². The Kier molecular flexibility index (Phi) is 9.58. The Bertz CT molecular complexity index is 184. The minimum Gasteiger partial charge on any atom is -0.330 e. The van der Waals surface area contributed by atoms with E-state index in [-0.39, 0.29) is 41.2 Å². The van der Waals surface area contributed by atoms with E-state index >= 15 is 0 Å². The minimum absolute atomic E-state index is 0. The molecule has 4 heteroatoms. The van der Waals surface area contributed by atoms with Crippen LogP contribution < -0.4 is 11.5 Å². The normalized spacial score (nSPS) is 12.8. The highest BCUT2D eigenvalue weighted by atomic mass is 35.5. The van der Waals surface area contributed by atoms with Crippen molar-refractivity contribution in [3.8, 4) is 0 Å². The summed E-state index contributed by atoms with van der Waals surface area (Å²) in [7, 11) is 0. The van der Waals surface area contributed by atoms with Crippen LogP contribution >= 0.6 is 24.8 Å². The molecule has 4 N–H and O–H groups in total. The van der Waals surface area contributed by atoms with Crippen molar-refractivity contribution in [3.05, 3.63) is 0 Å². The van der Waals surface area contributed by atoms with Gasteiger partial charge in [-0.1, -0.05) is 27.7 Å². The monoisotopic (exact) mass is 272 g/mol. The van der Waals surface area contributed by atoms with Crippen molar-refractivity contribution < 1.29 is 0 Å². The molecule has 0 heterocycles. The predicted molar refractivity (Wildman–Crippen MR) is 78.6 cm³/mol. The summed E-state index contributed by atoms with van der Waals surface area (Å²) in [4.78, 5) is 0. The summed E-state index contributed by atoms with van der Waals surface area (Å²) < 4.78 is 0. The molecule has 0 amide bonds. The molecule has 0 radical (unpaired) electrons. The summed E-state index contributed by atoms with van der Waals surface area (Å²) in [6.07, 6.45) is 2.21. The van der Waals surface area contributed by atoms with E-state index in [1.165, 1.54) is 0 Å². The Labute approximate surface area is 114 Å². The fourth-order valence-corrected chi connectivity index (χ4v) is 1.73. The Hall–Kier alpha value is 0.500. The van der Waals surface area contributed by atoms with Gasteiger partial charge >= 0.3 is 0 Å². The Morgan fingerprint density at radius 2 is 1.25 bits per heavy atom. The molecule has 0 aromatic carbocycles. The van der Waals surface area contributed by atoms with Crippen LogP contribution in [0.15, 0.2) is 0 Å². The minimum atomic E-state index is -0.162. The molecular formula is C12H30Cl2N2. The van der Waals surface area contributed by atoms with Crippen LogP contribution in [0.2, 0.25) is 0 Å². The van der Waals surface area contributed by atoms with E-state index in [2.05, 4.69) is 41.5 Å². The van der Waals surface area contributed by atoms with Gasteiger partial charge in [0.25, 0.3) is 0 Å². The summed E-state index contributed by atoms with van der Waals surface area (Å²) in [5.41, 5.74) is 12.0. The highest BCUT2D eigenvalue weighted by Crippen LogP contribution is 2.47. The van der Waals surface area contributed by atoms with E-state index in [0.29, 0.717) is 0 Å². The molecule has 0 unspecified atom stereocenters. The number of hydrogen-bond donors (Lipinski definition) is 2. The number of hydrogen-bond acceptors (Lipinski definition) is 2. The molecule has 0 rings (SSSR count). The molecule has 0 aromatic heterocycles. The summed E-state index contributed by atoms with van der Waals surface area (Å²) in [6.45, 7) is 14.1. The summed E-state index contributed by atoms with van der Waals surface area (Å²) in [6, 6.07) is 0. The second-order valence-electron chi connectivity index (χ2n) is 6.12. The molecule has 2 nitrogen and oxygen atoms in total. The van der Waals surface area contributed by atoms with Crippen LogP contribution in [0.25, 0.3) is 0 Å². The quantitative estimate of drug-likeness (QED) is 0.807. The molecule has 0 fully saturated rings. The van der Waals surface area contributed by atoms with Crippen LogP contribution in [0.3, 0.4) is 0 Å². The third kappa shape index (κ3) is 4.79. The lowest BCUT2D eigenvalue weighted by molar-refractivity contribution is 0.0269. The van der Waals surface area contributed by atoms with Crippen LogP contribution in [0, 0.1) is 10.8 Å². The SMILES string of the molecule is CC(C)(N)C(C)(C)C(C)(C)CCCN.Cl.Cl. The van der Waals surface area contributed by atoms with E-state index in [0.717, 1.165) is 19.4 Å². The first-order valence-electron chi connectivity index (χ1n) is 5.55. The van der Waals surface area contributed by atoms with Gasteiger partial charge in [0.15, 0.2) is 0 Å². The largest absolute Gasteiger partial charge is 0.330 e. The fourth-order valence-electron chi connectivity index (χ4n) is 1.73. The van der Waals surface area contributed by atoms with Crippen LogP contribution in [-0.2, 0) is 0 Å². The van der Waals surface area contributed by atoms with Gasteiger partial charge in [0.1, 0.15) is 0 Å². The van der Waals surface area contributed by atoms with Crippen LogP contribution in [-0.4, -0.2) is 12.1 Å². The lowest BCUT2D eigenvalue weighted by Crippen LogP contribution is -2.54. The Morgan fingerprint density at radius 1 is 0.875 bits per heavy atom. The molecule has 0 atom stereocenters. The van der Waals surface area contributed by atoms with Crippen LogP contribution in [0.1, 0.15) is 54.4 Å². The molecule has 0 aliphatic rings. The topological polar surface area (TPSA) is 52.0 Å². The predicted octanol–water partition coefficient (Wildman–Crippen LogP) is 3.36. The van der Waals surface area contributed by atoms with Crippen molar-refractivity contribution in [2.45, 2.75) is 59.9 Å². The average Bonchev–Trinajstić information content (AvgIpc) is 1.98. The molecular weight excluding hydrogens is 243 g/mol. The van der Waals surface area contributed by atoms with E-state index < -0.39 is 0 Å². The van der Waals surface area contributed by atoms with Crippen molar-refractivity contribution in [2.75, 3.05) is 6.54 Å². The average molecular weight is 273 g/mol. The Morgan fingerprint density at radius 3 is 1.50 bits per heavy atom. The summed E-state index contributed by atoms with van der Waals surface area (Å²) in [5.74, 6) is 0. The van der Waals surface area contributed by atoms with Gasteiger partial charge in [0.2, 0.25) is 0 Å². The number of rotatable bonds is 5.